The molecule has 0 unspecified atom stereocenters. The van der Waals surface area contributed by atoms with Gasteiger partial charge in [-0.25, -0.2) is 9.78 Å². The lowest BCUT2D eigenvalue weighted by molar-refractivity contribution is 0.0594. The van der Waals surface area contributed by atoms with E-state index in [2.05, 4.69) is 25.2 Å². The Morgan fingerprint density at radius 1 is 1.39 bits per heavy atom. The highest BCUT2D eigenvalue weighted by Crippen LogP contribution is 2.25. The third kappa shape index (κ3) is 3.15. The molecule has 2 N–H and O–H groups in total. The molecule has 0 aliphatic heterocycles. The number of thiophene rings is 1. The molecule has 0 spiro atoms. The molecule has 0 aromatic carbocycles. The molecule has 0 bridgehead atoms. The van der Waals surface area contributed by atoms with E-state index in [-0.39, 0.29) is 11.4 Å². The number of thiazole rings is 1. The first kappa shape index (κ1) is 15.4. The van der Waals surface area contributed by atoms with E-state index in [1.54, 1.807) is 24.3 Å². The summed E-state index contributed by atoms with van der Waals surface area (Å²) < 4.78 is 4.64. The quantitative estimate of drug-likeness (QED) is 0.707. The van der Waals surface area contributed by atoms with Gasteiger partial charge in [0.2, 0.25) is 0 Å². The number of carbonyl (C=O) groups excluding carboxylic acids is 2. The van der Waals surface area contributed by atoms with Gasteiger partial charge in [0.05, 0.1) is 17.7 Å². The number of aryl methyl sites for hydroxylation is 1. The third-order valence-electron chi connectivity index (χ3n) is 2.99. The maximum atomic E-state index is 12.2. The van der Waals surface area contributed by atoms with E-state index in [1.807, 2.05) is 17.5 Å². The fraction of sp³-hybridized carbons (Fsp3) is 0.143. The molecule has 3 aromatic heterocycles. The van der Waals surface area contributed by atoms with Gasteiger partial charge in [0.25, 0.3) is 5.91 Å². The number of nitrogens with zero attached hydrogens (tertiary/aromatic N) is 2. The number of aromatic amines is 1. The molecule has 0 aliphatic rings. The molecule has 0 atom stereocenters. The fourth-order valence-electron chi connectivity index (χ4n) is 1.89. The van der Waals surface area contributed by atoms with Gasteiger partial charge in [-0.05, 0) is 24.4 Å². The van der Waals surface area contributed by atoms with Gasteiger partial charge in [0.1, 0.15) is 0 Å². The smallest absolute Gasteiger partial charge is 0.357 e. The summed E-state index contributed by atoms with van der Waals surface area (Å²) in [6, 6.07) is 5.53. The molecule has 0 radical (unpaired) electrons. The van der Waals surface area contributed by atoms with Gasteiger partial charge < -0.3 is 4.74 Å². The minimum atomic E-state index is -0.529. The van der Waals surface area contributed by atoms with Gasteiger partial charge in [-0.1, -0.05) is 6.07 Å². The lowest BCUT2D eigenvalue weighted by Gasteiger charge is -1.97. The molecule has 0 aliphatic carbocycles. The van der Waals surface area contributed by atoms with Crippen LogP contribution < -0.4 is 5.32 Å². The van der Waals surface area contributed by atoms with Crippen LogP contribution in [0.5, 0.6) is 0 Å². The zero-order chi connectivity index (χ0) is 16.4. The van der Waals surface area contributed by atoms with Gasteiger partial charge in [0, 0.05) is 4.88 Å². The van der Waals surface area contributed by atoms with Crippen LogP contribution >= 0.6 is 22.7 Å². The number of ether oxygens (including phenoxy) is 1. The minimum absolute atomic E-state index is 0.203. The number of carbonyl (C=O) groups is 2. The minimum Gasteiger partial charge on any atom is -0.464 e. The van der Waals surface area contributed by atoms with Crippen LogP contribution in [0.2, 0.25) is 0 Å². The molecule has 7 nitrogen and oxygen atoms in total. The Bertz CT molecular complexity index is 851. The normalized spacial score (nSPS) is 10.5. The van der Waals surface area contributed by atoms with Crippen molar-refractivity contribution < 1.29 is 14.3 Å². The van der Waals surface area contributed by atoms with Crippen molar-refractivity contribution >= 4 is 39.7 Å². The summed E-state index contributed by atoms with van der Waals surface area (Å²) in [5.41, 5.74) is 1.23. The number of methoxy groups -OCH3 is 1. The lowest BCUT2D eigenvalue weighted by Crippen LogP contribution is -2.12. The topological polar surface area (TPSA) is 97.0 Å². The SMILES string of the molecule is COC(=O)c1nc(NC(=O)c2cc(-c3cccs3)[nH]n2)sc1C. The van der Waals surface area contributed by atoms with Crippen molar-refractivity contribution in [1.29, 1.82) is 0 Å². The van der Waals surface area contributed by atoms with Crippen LogP contribution in [0, 0.1) is 6.92 Å². The maximum Gasteiger partial charge on any atom is 0.357 e. The number of esters is 1. The van der Waals surface area contributed by atoms with Crippen LogP contribution in [0.25, 0.3) is 10.6 Å². The van der Waals surface area contributed by atoms with Gasteiger partial charge in [-0.3, -0.25) is 15.2 Å². The van der Waals surface area contributed by atoms with Crippen LogP contribution in [-0.4, -0.2) is 34.2 Å². The fourth-order valence-corrected chi connectivity index (χ4v) is 3.38. The summed E-state index contributed by atoms with van der Waals surface area (Å²) in [4.78, 5) is 29.5. The number of anilines is 1. The largest absolute Gasteiger partial charge is 0.464 e. The molecule has 3 heterocycles. The maximum absolute atomic E-state index is 12.2. The molecule has 0 saturated carbocycles. The number of amides is 1. The number of rotatable bonds is 4. The van der Waals surface area contributed by atoms with Crippen molar-refractivity contribution in [2.75, 3.05) is 12.4 Å². The number of H-pyrrole nitrogens is 1. The molecule has 0 saturated heterocycles. The van der Waals surface area contributed by atoms with E-state index in [0.717, 1.165) is 10.6 Å². The van der Waals surface area contributed by atoms with Gasteiger partial charge in [-0.15, -0.1) is 22.7 Å². The van der Waals surface area contributed by atoms with E-state index in [1.165, 1.54) is 18.4 Å². The van der Waals surface area contributed by atoms with Gasteiger partial charge in [0.15, 0.2) is 16.5 Å². The first-order valence-electron chi connectivity index (χ1n) is 6.55. The van der Waals surface area contributed by atoms with Crippen molar-refractivity contribution in [2.24, 2.45) is 0 Å². The Balaban J connectivity index is 1.76. The van der Waals surface area contributed by atoms with E-state index < -0.39 is 11.9 Å². The first-order chi connectivity index (χ1) is 11.1. The van der Waals surface area contributed by atoms with E-state index in [9.17, 15) is 9.59 Å². The Morgan fingerprint density at radius 2 is 2.22 bits per heavy atom. The zero-order valence-corrected chi connectivity index (χ0v) is 13.9. The van der Waals surface area contributed by atoms with Crippen molar-refractivity contribution in [3.05, 3.63) is 39.8 Å². The second kappa shape index (κ2) is 6.31. The highest BCUT2D eigenvalue weighted by Gasteiger charge is 2.18. The van der Waals surface area contributed by atoms with E-state index in [4.69, 9.17) is 0 Å². The van der Waals surface area contributed by atoms with Gasteiger partial charge >= 0.3 is 5.97 Å². The van der Waals surface area contributed by atoms with Crippen LogP contribution in [0.3, 0.4) is 0 Å². The molecule has 9 heteroatoms. The Labute approximate surface area is 139 Å². The van der Waals surface area contributed by atoms with Crippen molar-refractivity contribution in [2.45, 2.75) is 6.92 Å². The summed E-state index contributed by atoms with van der Waals surface area (Å²) in [6.07, 6.45) is 0. The molecule has 23 heavy (non-hydrogen) atoms. The zero-order valence-electron chi connectivity index (χ0n) is 12.2. The second-order valence-electron chi connectivity index (χ2n) is 4.51. The van der Waals surface area contributed by atoms with Crippen LogP contribution in [-0.2, 0) is 4.74 Å². The third-order valence-corrected chi connectivity index (χ3v) is 4.78. The van der Waals surface area contributed by atoms with Crippen molar-refractivity contribution in [3.63, 3.8) is 0 Å². The predicted molar refractivity (Wildman–Crippen MR) is 88.0 cm³/mol. The molecule has 3 rings (SSSR count). The van der Waals surface area contributed by atoms with Crippen LogP contribution in [0.15, 0.2) is 23.6 Å². The van der Waals surface area contributed by atoms with E-state index >= 15 is 0 Å². The Morgan fingerprint density at radius 3 is 2.91 bits per heavy atom. The summed E-state index contributed by atoms with van der Waals surface area (Å²) in [5, 5.41) is 11.7. The number of hydrogen-bond donors (Lipinski definition) is 2. The van der Waals surface area contributed by atoms with Crippen LogP contribution in [0.1, 0.15) is 25.9 Å². The standard InChI is InChI=1S/C14H12N4O3S2/c1-7-11(13(20)21-2)15-14(23-7)16-12(19)9-6-8(17-18-9)10-4-3-5-22-10/h3-6H,1-2H3,(H,17,18)(H,15,16,19). The second-order valence-corrected chi connectivity index (χ2v) is 6.66. The molecule has 3 aromatic rings. The number of hydrogen-bond acceptors (Lipinski definition) is 7. The highest BCUT2D eigenvalue weighted by molar-refractivity contribution is 7.16. The van der Waals surface area contributed by atoms with Crippen molar-refractivity contribution in [3.8, 4) is 10.6 Å². The number of aromatic nitrogens is 3. The summed E-state index contributed by atoms with van der Waals surface area (Å²) in [7, 11) is 1.29. The molecular formula is C14H12N4O3S2. The van der Waals surface area contributed by atoms with Crippen molar-refractivity contribution in [1.82, 2.24) is 15.2 Å². The average Bonchev–Trinajstić information content (AvgIpc) is 3.26. The summed E-state index contributed by atoms with van der Waals surface area (Å²) in [6.45, 7) is 1.74. The van der Waals surface area contributed by atoms with Crippen LogP contribution in [0.4, 0.5) is 5.13 Å². The molecule has 0 fully saturated rings. The van der Waals surface area contributed by atoms with E-state index in [0.29, 0.717) is 10.0 Å². The summed E-state index contributed by atoms with van der Waals surface area (Å²) >= 11 is 2.76. The monoisotopic (exact) mass is 348 g/mol. The molecule has 1 amide bonds. The summed E-state index contributed by atoms with van der Waals surface area (Å²) in [5.74, 6) is -0.923. The average molecular weight is 348 g/mol. The molecular weight excluding hydrogens is 336 g/mol. The predicted octanol–water partition coefficient (Wildman–Crippen LogP) is 2.94. The highest BCUT2D eigenvalue weighted by atomic mass is 32.1. The Hall–Kier alpha value is -2.52. The number of nitrogens with one attached hydrogen (secondary N) is 2. The lowest BCUT2D eigenvalue weighted by atomic mass is 10.3. The Kier molecular flexibility index (Phi) is 4.22. The molecule has 118 valence electrons. The van der Waals surface area contributed by atoms with Gasteiger partial charge in [-0.2, -0.15) is 5.10 Å². The first-order valence-corrected chi connectivity index (χ1v) is 8.24.